The molecule has 1 unspecified atom stereocenters. The molecule has 2 aromatic rings. The largest absolute Gasteiger partial charge is 0.327 e. The number of sulfonamides is 1. The maximum atomic E-state index is 13.0. The van der Waals surface area contributed by atoms with Crippen molar-refractivity contribution < 1.29 is 8.42 Å². The van der Waals surface area contributed by atoms with Gasteiger partial charge in [0.1, 0.15) is 5.82 Å². The Morgan fingerprint density at radius 2 is 1.89 bits per heavy atom. The van der Waals surface area contributed by atoms with Crippen LogP contribution in [0.15, 0.2) is 23.1 Å². The number of hydrogen-bond donors (Lipinski definition) is 0. The van der Waals surface area contributed by atoms with Gasteiger partial charge in [-0.25, -0.2) is 13.4 Å². The molecule has 2 fully saturated rings. The van der Waals surface area contributed by atoms with Gasteiger partial charge >= 0.3 is 0 Å². The zero-order valence-electron chi connectivity index (χ0n) is 17.1. The number of aryl methyl sites for hydroxylation is 1. The van der Waals surface area contributed by atoms with Crippen molar-refractivity contribution in [2.24, 2.45) is 5.92 Å². The van der Waals surface area contributed by atoms with E-state index in [2.05, 4.69) is 23.3 Å². The van der Waals surface area contributed by atoms with Gasteiger partial charge in [-0.2, -0.15) is 4.31 Å². The zero-order chi connectivity index (χ0) is 19.7. The van der Waals surface area contributed by atoms with Crippen LogP contribution < -0.4 is 0 Å². The Labute approximate surface area is 168 Å². The van der Waals surface area contributed by atoms with E-state index in [-0.39, 0.29) is 0 Å². The van der Waals surface area contributed by atoms with Crippen molar-refractivity contribution in [3.05, 3.63) is 24.0 Å². The summed E-state index contributed by atoms with van der Waals surface area (Å²) in [5.74, 6) is 1.77. The molecule has 0 bridgehead atoms. The summed E-state index contributed by atoms with van der Waals surface area (Å²) in [7, 11) is -3.42. The Balaban J connectivity index is 1.64. The predicted molar refractivity (Wildman–Crippen MR) is 112 cm³/mol. The summed E-state index contributed by atoms with van der Waals surface area (Å²) in [4.78, 5) is 7.72. The van der Waals surface area contributed by atoms with Crippen molar-refractivity contribution >= 4 is 21.1 Å². The van der Waals surface area contributed by atoms with Crippen molar-refractivity contribution in [3.8, 4) is 0 Å². The third kappa shape index (κ3) is 3.84. The summed E-state index contributed by atoms with van der Waals surface area (Å²) in [6.07, 6.45) is 5.56. The average Bonchev–Trinajstić information content (AvgIpc) is 3.04. The van der Waals surface area contributed by atoms with Crippen LogP contribution >= 0.6 is 0 Å². The lowest BCUT2D eigenvalue weighted by atomic mass is 10.0. The Hall–Kier alpha value is -1.44. The van der Waals surface area contributed by atoms with E-state index in [1.807, 2.05) is 6.07 Å². The number of benzene rings is 1. The number of fused-ring (bicyclic) bond motifs is 1. The highest BCUT2D eigenvalue weighted by atomic mass is 32.2. The fourth-order valence-corrected chi connectivity index (χ4v) is 6.22. The second kappa shape index (κ2) is 8.13. The maximum Gasteiger partial charge on any atom is 0.243 e. The van der Waals surface area contributed by atoms with Crippen molar-refractivity contribution in [2.75, 3.05) is 26.2 Å². The highest BCUT2D eigenvalue weighted by Gasteiger charge is 2.27. The van der Waals surface area contributed by atoms with Gasteiger partial charge in [0.25, 0.3) is 0 Å². The Kier molecular flexibility index (Phi) is 5.76. The molecule has 154 valence electrons. The molecule has 0 saturated carbocycles. The minimum Gasteiger partial charge on any atom is -0.327 e. The van der Waals surface area contributed by atoms with Crippen molar-refractivity contribution in [3.63, 3.8) is 0 Å². The van der Waals surface area contributed by atoms with E-state index >= 15 is 0 Å². The Bertz CT molecular complexity index is 931. The summed E-state index contributed by atoms with van der Waals surface area (Å²) >= 11 is 0. The Morgan fingerprint density at radius 1 is 1.11 bits per heavy atom. The first-order valence-electron chi connectivity index (χ1n) is 10.7. The SMILES string of the molecule is CCn1c(CN2CCCC(C)C2)nc2cc(S(=O)(=O)N3CCCCC3)ccc21. The summed E-state index contributed by atoms with van der Waals surface area (Å²) in [5.41, 5.74) is 1.82. The first kappa shape index (κ1) is 19.9. The molecule has 1 aromatic heterocycles. The second-order valence-corrected chi connectivity index (χ2v) is 10.3. The van der Waals surface area contributed by atoms with E-state index in [4.69, 9.17) is 4.98 Å². The van der Waals surface area contributed by atoms with Crippen LogP contribution in [0.4, 0.5) is 0 Å². The van der Waals surface area contributed by atoms with E-state index in [1.54, 1.807) is 16.4 Å². The maximum absolute atomic E-state index is 13.0. The van der Waals surface area contributed by atoms with Gasteiger partial charge in [0.15, 0.2) is 0 Å². The molecule has 4 rings (SSSR count). The number of aromatic nitrogens is 2. The van der Waals surface area contributed by atoms with Crippen molar-refractivity contribution in [1.29, 1.82) is 0 Å². The van der Waals surface area contributed by atoms with Crippen LogP contribution in [0, 0.1) is 5.92 Å². The molecule has 0 N–H and O–H groups in total. The fraction of sp³-hybridized carbons (Fsp3) is 0.667. The molecule has 1 atom stereocenters. The topological polar surface area (TPSA) is 58.4 Å². The van der Waals surface area contributed by atoms with Crippen LogP contribution in [-0.2, 0) is 23.1 Å². The Morgan fingerprint density at radius 3 is 2.61 bits per heavy atom. The van der Waals surface area contributed by atoms with Gasteiger partial charge in [-0.3, -0.25) is 4.90 Å². The fourth-order valence-electron chi connectivity index (χ4n) is 4.68. The molecule has 2 saturated heterocycles. The molecule has 28 heavy (non-hydrogen) atoms. The van der Waals surface area contributed by atoms with Crippen LogP contribution in [0.5, 0.6) is 0 Å². The smallest absolute Gasteiger partial charge is 0.243 e. The third-order valence-corrected chi connectivity index (χ3v) is 8.07. The van der Waals surface area contributed by atoms with Crippen LogP contribution in [0.3, 0.4) is 0 Å². The molecule has 2 aliphatic rings. The molecular weight excluding hydrogens is 372 g/mol. The number of rotatable bonds is 5. The first-order valence-corrected chi connectivity index (χ1v) is 12.1. The molecule has 0 radical (unpaired) electrons. The molecule has 1 aromatic carbocycles. The zero-order valence-corrected chi connectivity index (χ0v) is 17.9. The van der Waals surface area contributed by atoms with Crippen molar-refractivity contribution in [1.82, 2.24) is 18.8 Å². The van der Waals surface area contributed by atoms with Crippen LogP contribution in [-0.4, -0.2) is 53.4 Å². The summed E-state index contributed by atoms with van der Waals surface area (Å²) in [6, 6.07) is 5.46. The van der Waals surface area contributed by atoms with Gasteiger partial charge in [-0.05, 0) is 63.3 Å². The van der Waals surface area contributed by atoms with Crippen molar-refractivity contribution in [2.45, 2.75) is 63.9 Å². The molecule has 7 heteroatoms. The van der Waals surface area contributed by atoms with Gasteiger partial charge in [0.2, 0.25) is 10.0 Å². The molecular formula is C21H32N4O2S. The van der Waals surface area contributed by atoms with Crippen LogP contribution in [0.1, 0.15) is 51.8 Å². The number of likely N-dealkylation sites (tertiary alicyclic amines) is 1. The van der Waals surface area contributed by atoms with E-state index in [1.165, 1.54) is 12.8 Å². The van der Waals surface area contributed by atoms with Gasteiger partial charge in [-0.15, -0.1) is 0 Å². The first-order chi connectivity index (χ1) is 13.5. The van der Waals surface area contributed by atoms with Gasteiger partial charge in [0.05, 0.1) is 22.5 Å². The van der Waals surface area contributed by atoms with E-state index < -0.39 is 10.0 Å². The van der Waals surface area contributed by atoms with E-state index in [9.17, 15) is 8.42 Å². The van der Waals surface area contributed by atoms with Crippen LogP contribution in [0.25, 0.3) is 11.0 Å². The summed E-state index contributed by atoms with van der Waals surface area (Å²) < 4.78 is 29.9. The lowest BCUT2D eigenvalue weighted by Gasteiger charge is -2.30. The highest BCUT2D eigenvalue weighted by Crippen LogP contribution is 2.26. The molecule has 0 aliphatic carbocycles. The van der Waals surface area contributed by atoms with Gasteiger partial charge in [-0.1, -0.05) is 13.3 Å². The highest BCUT2D eigenvalue weighted by molar-refractivity contribution is 7.89. The molecule has 6 nitrogen and oxygen atoms in total. The molecule has 0 amide bonds. The normalized spacial score (nSPS) is 22.7. The number of piperidine rings is 2. The minimum absolute atomic E-state index is 0.376. The summed E-state index contributed by atoms with van der Waals surface area (Å²) in [6.45, 7) is 9.60. The minimum atomic E-state index is -3.42. The monoisotopic (exact) mass is 404 g/mol. The quantitative estimate of drug-likeness (QED) is 0.766. The van der Waals surface area contributed by atoms with Crippen LogP contribution in [0.2, 0.25) is 0 Å². The van der Waals surface area contributed by atoms with E-state index in [0.29, 0.717) is 18.0 Å². The number of nitrogens with zero attached hydrogens (tertiary/aromatic N) is 4. The number of imidazole rings is 1. The average molecular weight is 405 g/mol. The molecule has 2 aliphatic heterocycles. The van der Waals surface area contributed by atoms with E-state index in [0.717, 1.165) is 68.2 Å². The lowest BCUT2D eigenvalue weighted by molar-refractivity contribution is 0.171. The second-order valence-electron chi connectivity index (χ2n) is 8.37. The third-order valence-electron chi connectivity index (χ3n) is 6.17. The molecule has 0 spiro atoms. The predicted octanol–water partition coefficient (Wildman–Crippen LogP) is 3.46. The standard InChI is InChI=1S/C21H32N4O2S/c1-3-25-20-10-9-18(28(26,27)24-12-5-4-6-13-24)14-19(20)22-21(25)16-23-11-7-8-17(2)15-23/h9-10,14,17H,3-8,11-13,15-16H2,1-2H3. The van der Waals surface area contributed by atoms with Gasteiger partial charge in [0, 0.05) is 26.2 Å². The van der Waals surface area contributed by atoms with Gasteiger partial charge < -0.3 is 4.57 Å². The summed E-state index contributed by atoms with van der Waals surface area (Å²) in [5, 5.41) is 0. The molecule has 3 heterocycles. The lowest BCUT2D eigenvalue weighted by Crippen LogP contribution is -2.35. The number of hydrogen-bond acceptors (Lipinski definition) is 4.